The van der Waals surface area contributed by atoms with E-state index in [9.17, 15) is 9.59 Å². The van der Waals surface area contributed by atoms with Crippen LogP contribution >= 0.6 is 0 Å². The van der Waals surface area contributed by atoms with Gasteiger partial charge in [0.05, 0.1) is 5.69 Å². The third-order valence-corrected chi connectivity index (χ3v) is 6.95. The zero-order chi connectivity index (χ0) is 24.7. The molecule has 1 saturated heterocycles. The molecular weight excluding hydrogens is 447 g/mol. The zero-order valence-corrected chi connectivity index (χ0v) is 20.3. The van der Waals surface area contributed by atoms with Gasteiger partial charge >= 0.3 is 0 Å². The lowest BCUT2D eigenvalue weighted by Gasteiger charge is -2.27. The molecule has 0 spiro atoms. The summed E-state index contributed by atoms with van der Waals surface area (Å²) in [5.74, 6) is -0.587. The van der Waals surface area contributed by atoms with E-state index in [1.165, 1.54) is 6.92 Å². The second-order valence-electron chi connectivity index (χ2n) is 9.34. The van der Waals surface area contributed by atoms with Crippen molar-refractivity contribution >= 4 is 23.4 Å². The summed E-state index contributed by atoms with van der Waals surface area (Å²) in [6.45, 7) is 6.32. The van der Waals surface area contributed by atoms with Crippen LogP contribution in [-0.2, 0) is 11.2 Å². The molecule has 2 aliphatic heterocycles. The van der Waals surface area contributed by atoms with Crippen molar-refractivity contribution < 1.29 is 18.7 Å². The van der Waals surface area contributed by atoms with Crippen molar-refractivity contribution in [2.24, 2.45) is 0 Å². The van der Waals surface area contributed by atoms with Crippen molar-refractivity contribution in [1.82, 2.24) is 19.5 Å². The second-order valence-corrected chi connectivity index (χ2v) is 9.34. The maximum absolute atomic E-state index is 15.4. The van der Waals surface area contributed by atoms with Gasteiger partial charge in [-0.3, -0.25) is 9.59 Å². The van der Waals surface area contributed by atoms with Crippen molar-refractivity contribution in [1.29, 1.82) is 0 Å². The topological polar surface area (TPSA) is 76.8 Å². The number of amides is 1. The number of likely N-dealkylation sites (tertiary alicyclic amines) is 1. The molecule has 35 heavy (non-hydrogen) atoms. The van der Waals surface area contributed by atoms with Gasteiger partial charge in [0.2, 0.25) is 0 Å². The Bertz CT molecular complexity index is 1360. The lowest BCUT2D eigenvalue weighted by atomic mass is 10.0. The van der Waals surface area contributed by atoms with Gasteiger partial charge < -0.3 is 9.64 Å². The van der Waals surface area contributed by atoms with Crippen LogP contribution in [0.3, 0.4) is 0 Å². The summed E-state index contributed by atoms with van der Waals surface area (Å²) in [5.41, 5.74) is 3.45. The number of rotatable bonds is 4. The molecular formula is C27H29FN4O3. The maximum Gasteiger partial charge on any atom is 0.272 e. The Labute approximate surface area is 203 Å². The van der Waals surface area contributed by atoms with Crippen LogP contribution in [0.15, 0.2) is 29.8 Å². The molecule has 0 N–H and O–H groups in total. The summed E-state index contributed by atoms with van der Waals surface area (Å²) in [5, 5.41) is 4.61. The number of carbonyl (C=O) groups is 2. The number of ether oxygens (including phenoxy) is 1. The number of ketones is 1. The number of carbonyl (C=O) groups excluding carboxylic acids is 2. The van der Waals surface area contributed by atoms with Crippen LogP contribution in [0, 0.1) is 5.82 Å². The minimum atomic E-state index is -0.530. The Morgan fingerprint density at radius 1 is 1.20 bits per heavy atom. The molecule has 0 saturated carbocycles. The molecule has 0 unspecified atom stereocenters. The number of halogens is 1. The van der Waals surface area contributed by atoms with E-state index in [2.05, 4.69) is 17.0 Å². The van der Waals surface area contributed by atoms with Gasteiger partial charge in [-0.1, -0.05) is 25.8 Å². The van der Waals surface area contributed by atoms with Crippen molar-refractivity contribution in [3.05, 3.63) is 52.6 Å². The maximum atomic E-state index is 15.4. The lowest BCUT2D eigenvalue weighted by molar-refractivity contribution is -0.113. The van der Waals surface area contributed by atoms with E-state index in [0.717, 1.165) is 37.9 Å². The summed E-state index contributed by atoms with van der Waals surface area (Å²) in [4.78, 5) is 31.6. The Hall–Kier alpha value is -3.55. The van der Waals surface area contributed by atoms with E-state index in [-0.39, 0.29) is 35.7 Å². The van der Waals surface area contributed by atoms with Crippen LogP contribution in [0.4, 0.5) is 4.39 Å². The molecule has 2 aliphatic rings. The molecule has 1 amide bonds. The highest BCUT2D eigenvalue weighted by atomic mass is 19.1. The number of hydrogen-bond acceptors (Lipinski definition) is 5. The summed E-state index contributed by atoms with van der Waals surface area (Å²) in [6, 6.07) is 7.03. The molecule has 2 aromatic heterocycles. The number of hydrogen-bond donors (Lipinski definition) is 0. The van der Waals surface area contributed by atoms with Gasteiger partial charge in [0, 0.05) is 41.0 Å². The average Bonchev–Trinajstić information content (AvgIpc) is 3.17. The quantitative estimate of drug-likeness (QED) is 0.537. The SMILES string of the molecule is CCc1cc(C(=O)N2CCCCC[C@H]2C)nc2cc(-c3ccc4c(c3F)OCC(C(C)=O)=C4)nn12. The molecule has 7 nitrogen and oxygen atoms in total. The Morgan fingerprint density at radius 2 is 2.03 bits per heavy atom. The average molecular weight is 477 g/mol. The Morgan fingerprint density at radius 3 is 2.80 bits per heavy atom. The molecule has 182 valence electrons. The molecule has 0 aliphatic carbocycles. The van der Waals surface area contributed by atoms with Gasteiger partial charge in [-0.15, -0.1) is 0 Å². The molecule has 1 aromatic carbocycles. The predicted molar refractivity (Wildman–Crippen MR) is 131 cm³/mol. The molecule has 5 rings (SSSR count). The van der Waals surface area contributed by atoms with Crippen molar-refractivity contribution in [2.75, 3.05) is 13.2 Å². The van der Waals surface area contributed by atoms with Crippen molar-refractivity contribution in [3.8, 4) is 17.0 Å². The third-order valence-electron chi connectivity index (χ3n) is 6.95. The minimum absolute atomic E-state index is 0.0375. The second kappa shape index (κ2) is 9.24. The smallest absolute Gasteiger partial charge is 0.272 e. The fourth-order valence-corrected chi connectivity index (χ4v) is 4.87. The molecule has 8 heteroatoms. The van der Waals surface area contributed by atoms with E-state index in [1.54, 1.807) is 34.9 Å². The van der Waals surface area contributed by atoms with E-state index in [0.29, 0.717) is 34.6 Å². The van der Waals surface area contributed by atoms with Gasteiger partial charge in [0.1, 0.15) is 12.3 Å². The first-order valence-corrected chi connectivity index (χ1v) is 12.2. The van der Waals surface area contributed by atoms with E-state index in [4.69, 9.17) is 4.74 Å². The van der Waals surface area contributed by atoms with Gasteiger partial charge in [-0.2, -0.15) is 5.10 Å². The molecule has 0 radical (unpaired) electrons. The van der Waals surface area contributed by atoms with Gasteiger partial charge in [-0.25, -0.2) is 13.9 Å². The van der Waals surface area contributed by atoms with Crippen LogP contribution in [0.5, 0.6) is 5.75 Å². The third kappa shape index (κ3) is 4.22. The molecule has 4 heterocycles. The van der Waals surface area contributed by atoms with Crippen LogP contribution in [0.25, 0.3) is 23.0 Å². The number of benzene rings is 1. The fraction of sp³-hybridized carbons (Fsp3) is 0.407. The molecule has 1 atom stereocenters. The summed E-state index contributed by atoms with van der Waals surface area (Å²) < 4.78 is 22.7. The van der Waals surface area contributed by atoms with Gasteiger partial charge in [0.15, 0.2) is 23.0 Å². The van der Waals surface area contributed by atoms with Crippen LogP contribution < -0.4 is 4.74 Å². The van der Waals surface area contributed by atoms with E-state index >= 15 is 4.39 Å². The van der Waals surface area contributed by atoms with Crippen LogP contribution in [0.1, 0.15) is 68.2 Å². The van der Waals surface area contributed by atoms with Crippen LogP contribution in [-0.4, -0.2) is 50.4 Å². The zero-order valence-electron chi connectivity index (χ0n) is 20.3. The molecule has 3 aromatic rings. The molecule has 1 fully saturated rings. The number of aryl methyl sites for hydroxylation is 1. The Kier molecular flexibility index (Phi) is 6.13. The van der Waals surface area contributed by atoms with Gasteiger partial charge in [-0.05, 0) is 51.3 Å². The number of aromatic nitrogens is 3. The normalized spacial score (nSPS) is 18.0. The monoisotopic (exact) mass is 476 g/mol. The van der Waals surface area contributed by atoms with E-state index in [1.807, 2.05) is 11.8 Å². The highest BCUT2D eigenvalue weighted by Gasteiger charge is 2.26. The summed E-state index contributed by atoms with van der Waals surface area (Å²) in [7, 11) is 0. The largest absolute Gasteiger partial charge is 0.485 e. The van der Waals surface area contributed by atoms with Crippen molar-refractivity contribution in [3.63, 3.8) is 0 Å². The first-order valence-electron chi connectivity index (χ1n) is 12.2. The van der Waals surface area contributed by atoms with E-state index < -0.39 is 5.82 Å². The van der Waals surface area contributed by atoms with Crippen LogP contribution in [0.2, 0.25) is 0 Å². The predicted octanol–water partition coefficient (Wildman–Crippen LogP) is 4.87. The molecule has 0 bridgehead atoms. The first-order chi connectivity index (χ1) is 16.9. The lowest BCUT2D eigenvalue weighted by Crippen LogP contribution is -2.38. The Balaban J connectivity index is 1.54. The fourth-order valence-electron chi connectivity index (χ4n) is 4.87. The highest BCUT2D eigenvalue weighted by molar-refractivity contribution is 5.99. The minimum Gasteiger partial charge on any atom is -0.485 e. The number of fused-ring (bicyclic) bond motifs is 2. The highest BCUT2D eigenvalue weighted by Crippen LogP contribution is 2.36. The number of Topliss-reactive ketones (excluding diaryl/α,β-unsaturated/α-hetero) is 1. The van der Waals surface area contributed by atoms with Crippen molar-refractivity contribution in [2.45, 2.75) is 58.9 Å². The standard InChI is InChI=1S/C27H29FN4O3/c1-4-20-13-23(27(34)31-11-7-5-6-8-16(31)2)29-24-14-22(30-32(20)24)21-10-9-18-12-19(17(3)33)15-35-26(18)25(21)28/h9-10,12-14,16H,4-8,11,15H2,1-3H3/t16-/m1/s1. The number of nitrogens with zero attached hydrogens (tertiary/aromatic N) is 4. The van der Waals surface area contributed by atoms with Gasteiger partial charge in [0.25, 0.3) is 5.91 Å². The summed E-state index contributed by atoms with van der Waals surface area (Å²) >= 11 is 0. The first kappa shape index (κ1) is 23.2. The summed E-state index contributed by atoms with van der Waals surface area (Å²) in [6.07, 6.45) is 6.56.